The Bertz CT molecular complexity index is 224. The minimum absolute atomic E-state index is 0.676. The molecule has 0 rings (SSSR count). The summed E-state index contributed by atoms with van der Waals surface area (Å²) in [6.07, 6.45) is 6.24. The number of carboxylic acids is 1. The largest absolute Gasteiger partial charge is 0.478 e. The van der Waals surface area contributed by atoms with Gasteiger partial charge in [-0.3, -0.25) is 0 Å². The smallest absolute Gasteiger partial charge is 0.328 e. The zero-order chi connectivity index (χ0) is 12.4. The molecule has 1 unspecified atom stereocenters. The lowest BCUT2D eigenvalue weighted by Gasteiger charge is -2.15. The van der Waals surface area contributed by atoms with Gasteiger partial charge in [0.1, 0.15) is 0 Å². The highest BCUT2D eigenvalue weighted by Crippen LogP contribution is 2.11. The molecule has 0 aliphatic rings. The number of carboxylic acid groups (broad SMARTS) is 1. The van der Waals surface area contributed by atoms with Crippen molar-refractivity contribution in [3.8, 4) is 0 Å². The predicted octanol–water partition coefficient (Wildman–Crippen LogP) is 2.82. The van der Waals surface area contributed by atoms with Gasteiger partial charge in [0.15, 0.2) is 0 Å². The Kier molecular flexibility index (Phi) is 8.91. The summed E-state index contributed by atoms with van der Waals surface area (Å²) < 4.78 is 0. The first-order chi connectivity index (χ1) is 7.60. The number of rotatable bonds is 9. The van der Waals surface area contributed by atoms with Gasteiger partial charge in [0, 0.05) is 12.6 Å². The Hall–Kier alpha value is -0.830. The van der Waals surface area contributed by atoms with Crippen molar-refractivity contribution < 1.29 is 9.90 Å². The summed E-state index contributed by atoms with van der Waals surface area (Å²) in [4.78, 5) is 10.4. The van der Waals surface area contributed by atoms with Crippen LogP contribution in [-0.4, -0.2) is 24.2 Å². The van der Waals surface area contributed by atoms with Crippen LogP contribution in [0.4, 0.5) is 0 Å². The molecule has 0 radical (unpaired) electrons. The molecule has 94 valence electrons. The Morgan fingerprint density at radius 1 is 1.44 bits per heavy atom. The van der Waals surface area contributed by atoms with Crippen molar-refractivity contribution >= 4 is 5.97 Å². The van der Waals surface area contributed by atoms with E-state index in [-0.39, 0.29) is 0 Å². The zero-order valence-electron chi connectivity index (χ0n) is 10.8. The van der Waals surface area contributed by atoms with E-state index in [0.717, 1.165) is 18.0 Å². The van der Waals surface area contributed by atoms with Gasteiger partial charge in [-0.2, -0.15) is 0 Å². The molecule has 0 heterocycles. The summed E-state index contributed by atoms with van der Waals surface area (Å²) >= 11 is 0. The molecule has 0 aromatic heterocycles. The molecule has 0 aromatic carbocycles. The van der Waals surface area contributed by atoms with Crippen LogP contribution in [-0.2, 0) is 4.79 Å². The van der Waals surface area contributed by atoms with Crippen LogP contribution in [0.3, 0.4) is 0 Å². The van der Waals surface area contributed by atoms with E-state index in [1.54, 1.807) is 0 Å². The SMILES string of the molecule is CCCCC(CC)CNCC(C)=CC(=O)O. The Balaban J connectivity index is 3.73. The molecule has 3 nitrogen and oxygen atoms in total. The van der Waals surface area contributed by atoms with Crippen molar-refractivity contribution in [1.82, 2.24) is 5.32 Å². The zero-order valence-corrected chi connectivity index (χ0v) is 10.8. The van der Waals surface area contributed by atoms with Gasteiger partial charge in [0.2, 0.25) is 0 Å². The van der Waals surface area contributed by atoms with Crippen LogP contribution < -0.4 is 5.32 Å². The molecule has 0 aliphatic heterocycles. The molecule has 0 aliphatic carbocycles. The lowest BCUT2D eigenvalue weighted by atomic mass is 9.99. The number of unbranched alkanes of at least 4 members (excludes halogenated alkanes) is 1. The first kappa shape index (κ1) is 15.2. The second kappa shape index (κ2) is 9.40. The monoisotopic (exact) mass is 227 g/mol. The van der Waals surface area contributed by atoms with Crippen LogP contribution in [0.5, 0.6) is 0 Å². The van der Waals surface area contributed by atoms with E-state index in [0.29, 0.717) is 6.54 Å². The van der Waals surface area contributed by atoms with Crippen LogP contribution in [0.2, 0.25) is 0 Å². The van der Waals surface area contributed by atoms with Crippen molar-refractivity contribution in [3.63, 3.8) is 0 Å². The quantitative estimate of drug-likeness (QED) is 0.595. The summed E-state index contributed by atoms with van der Waals surface area (Å²) in [6, 6.07) is 0. The van der Waals surface area contributed by atoms with E-state index in [9.17, 15) is 4.79 Å². The summed E-state index contributed by atoms with van der Waals surface area (Å²) in [5.74, 6) is -0.144. The van der Waals surface area contributed by atoms with Gasteiger partial charge in [-0.1, -0.05) is 38.7 Å². The van der Waals surface area contributed by atoms with Gasteiger partial charge < -0.3 is 10.4 Å². The van der Waals surface area contributed by atoms with Gasteiger partial charge in [-0.25, -0.2) is 4.79 Å². The topological polar surface area (TPSA) is 49.3 Å². The summed E-state index contributed by atoms with van der Waals surface area (Å²) in [5, 5.41) is 11.9. The second-order valence-corrected chi connectivity index (χ2v) is 4.38. The standard InChI is InChI=1S/C13H25NO2/c1-4-6-7-12(5-2)10-14-9-11(3)8-13(15)16/h8,12,14H,4-7,9-10H2,1-3H3,(H,15,16). The number of aliphatic carboxylic acids is 1. The summed E-state index contributed by atoms with van der Waals surface area (Å²) in [6.45, 7) is 7.92. The molecule has 0 aromatic rings. The Morgan fingerprint density at radius 3 is 2.62 bits per heavy atom. The van der Waals surface area contributed by atoms with E-state index in [1.807, 2.05) is 6.92 Å². The fraction of sp³-hybridized carbons (Fsp3) is 0.769. The van der Waals surface area contributed by atoms with Crippen molar-refractivity contribution in [2.24, 2.45) is 5.92 Å². The van der Waals surface area contributed by atoms with Crippen LogP contribution >= 0.6 is 0 Å². The first-order valence-corrected chi connectivity index (χ1v) is 6.20. The van der Waals surface area contributed by atoms with Crippen molar-refractivity contribution in [2.75, 3.05) is 13.1 Å². The highest BCUT2D eigenvalue weighted by atomic mass is 16.4. The molecule has 1 atom stereocenters. The number of hydrogen-bond acceptors (Lipinski definition) is 2. The van der Waals surface area contributed by atoms with E-state index in [4.69, 9.17) is 5.11 Å². The van der Waals surface area contributed by atoms with E-state index < -0.39 is 5.97 Å². The Labute approximate surface area is 98.9 Å². The molecule has 2 N–H and O–H groups in total. The first-order valence-electron chi connectivity index (χ1n) is 6.20. The molecule has 0 saturated carbocycles. The maximum atomic E-state index is 10.4. The third kappa shape index (κ3) is 8.48. The molecule has 16 heavy (non-hydrogen) atoms. The molecule has 0 bridgehead atoms. The fourth-order valence-electron chi connectivity index (χ4n) is 1.68. The highest BCUT2D eigenvalue weighted by molar-refractivity contribution is 5.80. The highest BCUT2D eigenvalue weighted by Gasteiger charge is 2.04. The van der Waals surface area contributed by atoms with Gasteiger partial charge in [0.05, 0.1) is 0 Å². The minimum atomic E-state index is -0.864. The van der Waals surface area contributed by atoms with Crippen LogP contribution in [0.15, 0.2) is 11.6 Å². The average molecular weight is 227 g/mol. The number of carbonyl (C=O) groups is 1. The third-order valence-corrected chi connectivity index (χ3v) is 2.75. The molecular weight excluding hydrogens is 202 g/mol. The van der Waals surface area contributed by atoms with E-state index >= 15 is 0 Å². The normalized spacial score (nSPS) is 13.8. The van der Waals surface area contributed by atoms with E-state index in [2.05, 4.69) is 19.2 Å². The summed E-state index contributed by atoms with van der Waals surface area (Å²) in [5.41, 5.74) is 0.873. The van der Waals surface area contributed by atoms with Crippen LogP contribution in [0.1, 0.15) is 46.5 Å². The predicted molar refractivity (Wildman–Crippen MR) is 67.6 cm³/mol. The van der Waals surface area contributed by atoms with Crippen LogP contribution in [0.25, 0.3) is 0 Å². The minimum Gasteiger partial charge on any atom is -0.478 e. The molecular formula is C13H25NO2. The van der Waals surface area contributed by atoms with Gasteiger partial charge in [-0.15, -0.1) is 0 Å². The maximum Gasteiger partial charge on any atom is 0.328 e. The third-order valence-electron chi connectivity index (χ3n) is 2.75. The molecule has 0 amide bonds. The van der Waals surface area contributed by atoms with Crippen molar-refractivity contribution in [3.05, 3.63) is 11.6 Å². The average Bonchev–Trinajstić information content (AvgIpc) is 2.22. The van der Waals surface area contributed by atoms with Crippen molar-refractivity contribution in [1.29, 1.82) is 0 Å². The van der Waals surface area contributed by atoms with Crippen molar-refractivity contribution in [2.45, 2.75) is 46.5 Å². The lowest BCUT2D eigenvalue weighted by Crippen LogP contribution is -2.24. The molecule has 3 heteroatoms. The van der Waals surface area contributed by atoms with E-state index in [1.165, 1.54) is 31.8 Å². The maximum absolute atomic E-state index is 10.4. The van der Waals surface area contributed by atoms with Crippen LogP contribution in [0, 0.1) is 5.92 Å². The molecule has 0 spiro atoms. The van der Waals surface area contributed by atoms with Gasteiger partial charge in [-0.05, 0) is 25.8 Å². The second-order valence-electron chi connectivity index (χ2n) is 4.38. The summed E-state index contributed by atoms with van der Waals surface area (Å²) in [7, 11) is 0. The fourth-order valence-corrected chi connectivity index (χ4v) is 1.68. The molecule has 0 fully saturated rings. The lowest BCUT2D eigenvalue weighted by molar-refractivity contribution is -0.131. The molecule has 0 saturated heterocycles. The Morgan fingerprint density at radius 2 is 2.12 bits per heavy atom. The van der Waals surface area contributed by atoms with Gasteiger partial charge in [0.25, 0.3) is 0 Å². The number of hydrogen-bond donors (Lipinski definition) is 2. The number of nitrogens with one attached hydrogen (secondary N) is 1. The van der Waals surface area contributed by atoms with Gasteiger partial charge >= 0.3 is 5.97 Å².